The molecule has 2 fully saturated rings. The standard InChI is InChI=1S/C21H32N4O.HI/c1-22-21(25-14-18-8-4-5-9-19(18)15-25)23-12-11-16-7-6-10-17(13-16)20(26)24(2)3;/h6-7,10,13,18-19H,4-5,8-9,11-12,14-15H2,1-3H3,(H,22,23);1H. The summed E-state index contributed by atoms with van der Waals surface area (Å²) in [5.41, 5.74) is 1.93. The van der Waals surface area contributed by atoms with Gasteiger partial charge in [0.25, 0.3) is 5.91 Å². The fraction of sp³-hybridized carbons (Fsp3) is 0.619. The van der Waals surface area contributed by atoms with Crippen molar-refractivity contribution in [3.8, 4) is 0 Å². The molecule has 1 amide bonds. The molecule has 5 nitrogen and oxygen atoms in total. The number of carbonyl (C=O) groups excluding carboxylic acids is 1. The summed E-state index contributed by atoms with van der Waals surface area (Å²) < 4.78 is 0. The van der Waals surface area contributed by atoms with Gasteiger partial charge < -0.3 is 15.1 Å². The average Bonchev–Trinajstić information content (AvgIpc) is 3.08. The molecule has 2 unspecified atom stereocenters. The summed E-state index contributed by atoms with van der Waals surface area (Å²) in [6, 6.07) is 7.93. The van der Waals surface area contributed by atoms with Crippen LogP contribution in [0.25, 0.3) is 0 Å². The van der Waals surface area contributed by atoms with Crippen LogP contribution in [-0.4, -0.2) is 62.4 Å². The van der Waals surface area contributed by atoms with Crippen molar-refractivity contribution in [3.63, 3.8) is 0 Å². The maximum Gasteiger partial charge on any atom is 0.253 e. The van der Waals surface area contributed by atoms with Crippen molar-refractivity contribution in [1.29, 1.82) is 0 Å². The highest BCUT2D eigenvalue weighted by Gasteiger charge is 2.35. The molecule has 2 aliphatic rings. The summed E-state index contributed by atoms with van der Waals surface area (Å²) in [6.45, 7) is 3.13. The third-order valence-corrected chi connectivity index (χ3v) is 5.76. The zero-order valence-corrected chi connectivity index (χ0v) is 19.1. The molecule has 3 rings (SSSR count). The second-order valence-electron chi connectivity index (χ2n) is 7.83. The average molecular weight is 484 g/mol. The maximum absolute atomic E-state index is 12.1. The number of guanidine groups is 1. The monoisotopic (exact) mass is 484 g/mol. The van der Waals surface area contributed by atoms with Gasteiger partial charge in [0, 0.05) is 46.3 Å². The summed E-state index contributed by atoms with van der Waals surface area (Å²) in [5, 5.41) is 3.52. The lowest BCUT2D eigenvalue weighted by molar-refractivity contribution is 0.0827. The summed E-state index contributed by atoms with van der Waals surface area (Å²) in [5.74, 6) is 2.79. The molecule has 0 aromatic heterocycles. The largest absolute Gasteiger partial charge is 0.356 e. The van der Waals surface area contributed by atoms with Crippen LogP contribution in [0.15, 0.2) is 29.3 Å². The number of benzene rings is 1. The van der Waals surface area contributed by atoms with Crippen LogP contribution in [0.5, 0.6) is 0 Å². The van der Waals surface area contributed by atoms with E-state index in [9.17, 15) is 4.79 Å². The van der Waals surface area contributed by atoms with Crippen LogP contribution < -0.4 is 5.32 Å². The summed E-state index contributed by atoms with van der Waals surface area (Å²) in [6.07, 6.45) is 6.43. The maximum atomic E-state index is 12.1. The van der Waals surface area contributed by atoms with Crippen LogP contribution in [0, 0.1) is 11.8 Å². The molecule has 1 saturated heterocycles. The van der Waals surface area contributed by atoms with Crippen LogP contribution >= 0.6 is 24.0 Å². The van der Waals surface area contributed by atoms with Gasteiger partial charge in [-0.15, -0.1) is 24.0 Å². The molecule has 1 aromatic rings. The molecule has 1 aliphatic heterocycles. The first kappa shape index (κ1) is 22.0. The van der Waals surface area contributed by atoms with Gasteiger partial charge in [-0.05, 0) is 48.8 Å². The number of hydrogen-bond donors (Lipinski definition) is 1. The Morgan fingerprint density at radius 1 is 1.22 bits per heavy atom. The van der Waals surface area contributed by atoms with Crippen molar-refractivity contribution >= 4 is 35.8 Å². The Kier molecular flexibility index (Phi) is 8.38. The van der Waals surface area contributed by atoms with Crippen molar-refractivity contribution in [2.24, 2.45) is 16.8 Å². The smallest absolute Gasteiger partial charge is 0.253 e. The SMILES string of the molecule is CN=C(NCCc1cccc(C(=O)N(C)C)c1)N1CC2CCCCC2C1.I. The van der Waals surface area contributed by atoms with E-state index in [1.54, 1.807) is 19.0 Å². The van der Waals surface area contributed by atoms with Crippen LogP contribution in [0.4, 0.5) is 0 Å². The minimum absolute atomic E-state index is 0. The highest BCUT2D eigenvalue weighted by molar-refractivity contribution is 14.0. The second-order valence-corrected chi connectivity index (χ2v) is 7.83. The molecule has 0 spiro atoms. The van der Waals surface area contributed by atoms with E-state index < -0.39 is 0 Å². The molecule has 1 heterocycles. The highest BCUT2D eigenvalue weighted by atomic mass is 127. The molecule has 1 N–H and O–H groups in total. The molecule has 150 valence electrons. The molecule has 0 radical (unpaired) electrons. The van der Waals surface area contributed by atoms with Gasteiger partial charge in [-0.2, -0.15) is 0 Å². The summed E-state index contributed by atoms with van der Waals surface area (Å²) >= 11 is 0. The molecular weight excluding hydrogens is 451 g/mol. The molecule has 0 bridgehead atoms. The molecule has 27 heavy (non-hydrogen) atoms. The Labute approximate surface area is 180 Å². The predicted molar refractivity (Wildman–Crippen MR) is 122 cm³/mol. The number of amides is 1. The molecule has 1 saturated carbocycles. The van der Waals surface area contributed by atoms with E-state index in [1.165, 1.54) is 31.2 Å². The second kappa shape index (κ2) is 10.3. The zero-order valence-electron chi connectivity index (χ0n) is 16.8. The minimum atomic E-state index is 0. The van der Waals surface area contributed by atoms with Gasteiger partial charge in [0.05, 0.1) is 0 Å². The van der Waals surface area contributed by atoms with Gasteiger partial charge in [0.2, 0.25) is 0 Å². The number of nitrogens with zero attached hydrogens (tertiary/aromatic N) is 3. The van der Waals surface area contributed by atoms with E-state index in [-0.39, 0.29) is 29.9 Å². The zero-order chi connectivity index (χ0) is 18.5. The number of likely N-dealkylation sites (tertiary alicyclic amines) is 1. The Hall–Kier alpha value is -1.31. The van der Waals surface area contributed by atoms with Crippen molar-refractivity contribution in [2.45, 2.75) is 32.1 Å². The van der Waals surface area contributed by atoms with E-state index in [2.05, 4.69) is 21.3 Å². The van der Waals surface area contributed by atoms with Crippen LogP contribution in [0.2, 0.25) is 0 Å². The first-order valence-corrected chi connectivity index (χ1v) is 9.84. The molecular formula is C21H33IN4O. The topological polar surface area (TPSA) is 47.9 Å². The Morgan fingerprint density at radius 2 is 1.89 bits per heavy atom. The first-order valence-electron chi connectivity index (χ1n) is 9.84. The molecule has 1 aliphatic carbocycles. The van der Waals surface area contributed by atoms with E-state index in [4.69, 9.17) is 0 Å². The fourth-order valence-corrected chi connectivity index (χ4v) is 4.35. The number of nitrogens with one attached hydrogen (secondary N) is 1. The lowest BCUT2D eigenvalue weighted by Crippen LogP contribution is -2.41. The lowest BCUT2D eigenvalue weighted by atomic mass is 9.82. The molecule has 1 aromatic carbocycles. The number of fused-ring (bicyclic) bond motifs is 1. The number of rotatable bonds is 4. The number of aliphatic imine (C=N–C) groups is 1. The predicted octanol–water partition coefficient (Wildman–Crippen LogP) is 3.25. The van der Waals surface area contributed by atoms with E-state index >= 15 is 0 Å². The quantitative estimate of drug-likeness (QED) is 0.406. The Morgan fingerprint density at radius 3 is 2.48 bits per heavy atom. The van der Waals surface area contributed by atoms with Gasteiger partial charge >= 0.3 is 0 Å². The normalized spacial score (nSPS) is 22.0. The number of halogens is 1. The van der Waals surface area contributed by atoms with Crippen LogP contribution in [0.3, 0.4) is 0 Å². The number of carbonyl (C=O) groups is 1. The van der Waals surface area contributed by atoms with Gasteiger partial charge in [-0.1, -0.05) is 25.0 Å². The van der Waals surface area contributed by atoms with Crippen molar-refractivity contribution < 1.29 is 4.79 Å². The van der Waals surface area contributed by atoms with Crippen LogP contribution in [-0.2, 0) is 6.42 Å². The van der Waals surface area contributed by atoms with Gasteiger partial charge in [0.1, 0.15) is 0 Å². The van der Waals surface area contributed by atoms with Gasteiger partial charge in [-0.3, -0.25) is 9.79 Å². The van der Waals surface area contributed by atoms with Crippen LogP contribution in [0.1, 0.15) is 41.6 Å². The fourth-order valence-electron chi connectivity index (χ4n) is 4.35. The van der Waals surface area contributed by atoms with Crippen molar-refractivity contribution in [1.82, 2.24) is 15.1 Å². The third-order valence-electron chi connectivity index (χ3n) is 5.76. The Balaban J connectivity index is 0.00000261. The minimum Gasteiger partial charge on any atom is -0.356 e. The van der Waals surface area contributed by atoms with E-state index in [0.717, 1.165) is 49.4 Å². The highest BCUT2D eigenvalue weighted by Crippen LogP contribution is 2.35. The Bertz CT molecular complexity index is 647. The third kappa shape index (κ3) is 5.59. The van der Waals surface area contributed by atoms with E-state index in [0.29, 0.717) is 0 Å². The lowest BCUT2D eigenvalue weighted by Gasteiger charge is -2.22. The molecule has 6 heteroatoms. The summed E-state index contributed by atoms with van der Waals surface area (Å²) in [4.78, 5) is 20.7. The van der Waals surface area contributed by atoms with Crippen molar-refractivity contribution in [3.05, 3.63) is 35.4 Å². The van der Waals surface area contributed by atoms with Gasteiger partial charge in [-0.25, -0.2) is 0 Å². The number of hydrogen-bond acceptors (Lipinski definition) is 2. The molecule has 2 atom stereocenters. The summed E-state index contributed by atoms with van der Waals surface area (Å²) in [7, 11) is 5.45. The van der Waals surface area contributed by atoms with E-state index in [1.807, 2.05) is 25.2 Å². The first-order chi connectivity index (χ1) is 12.6. The van der Waals surface area contributed by atoms with Gasteiger partial charge in [0.15, 0.2) is 5.96 Å². The van der Waals surface area contributed by atoms with Crippen molar-refractivity contribution in [2.75, 3.05) is 40.8 Å².